The molecular formula is C14H10N6O2S. The second-order valence-electron chi connectivity index (χ2n) is 4.50. The number of rotatable bonds is 4. The summed E-state index contributed by atoms with van der Waals surface area (Å²) in [7, 11) is 0. The number of pyridine rings is 1. The quantitative estimate of drug-likeness (QED) is 0.344. The number of nitro benzene ring substituents is 1. The van der Waals surface area contributed by atoms with Gasteiger partial charge in [-0.15, -0.1) is 0 Å². The molecule has 114 valence electrons. The van der Waals surface area contributed by atoms with Crippen LogP contribution in [0.2, 0.25) is 0 Å². The first kappa shape index (κ1) is 14.7. The fourth-order valence-electron chi connectivity index (χ4n) is 1.92. The molecule has 0 spiro atoms. The van der Waals surface area contributed by atoms with Crippen LogP contribution in [-0.2, 0) is 0 Å². The fourth-order valence-corrected chi connectivity index (χ4v) is 2.10. The third-order valence-electron chi connectivity index (χ3n) is 2.97. The lowest BCUT2D eigenvalue weighted by Gasteiger charge is -2.00. The van der Waals surface area contributed by atoms with Gasteiger partial charge in [0.15, 0.2) is 5.82 Å². The highest BCUT2D eigenvalue weighted by atomic mass is 32.1. The largest absolute Gasteiger partial charge is 0.270 e. The van der Waals surface area contributed by atoms with Crippen molar-refractivity contribution in [3.63, 3.8) is 0 Å². The fraction of sp³-hybridized carbons (Fsp3) is 0. The summed E-state index contributed by atoms with van der Waals surface area (Å²) in [6.45, 7) is 0. The van der Waals surface area contributed by atoms with Crippen LogP contribution in [0.1, 0.15) is 5.56 Å². The maximum atomic E-state index is 10.8. The minimum absolute atomic E-state index is 0.00257. The molecule has 3 rings (SSSR count). The van der Waals surface area contributed by atoms with Crippen molar-refractivity contribution in [1.82, 2.24) is 19.9 Å². The third kappa shape index (κ3) is 3.19. The van der Waals surface area contributed by atoms with E-state index in [2.05, 4.69) is 20.3 Å². The first-order chi connectivity index (χ1) is 11.1. The molecule has 0 saturated heterocycles. The topological polar surface area (TPSA) is 102 Å². The average molecular weight is 326 g/mol. The number of hydrogen-bond acceptors (Lipinski definition) is 6. The van der Waals surface area contributed by atoms with Crippen molar-refractivity contribution in [2.45, 2.75) is 0 Å². The van der Waals surface area contributed by atoms with Crippen molar-refractivity contribution in [2.24, 2.45) is 5.10 Å². The van der Waals surface area contributed by atoms with Gasteiger partial charge in [0.1, 0.15) is 0 Å². The van der Waals surface area contributed by atoms with Gasteiger partial charge in [0.25, 0.3) is 5.69 Å². The Morgan fingerprint density at radius 1 is 1.35 bits per heavy atom. The number of nitrogens with zero attached hydrogens (tertiary/aromatic N) is 5. The lowest BCUT2D eigenvalue weighted by atomic mass is 10.2. The van der Waals surface area contributed by atoms with E-state index in [-0.39, 0.29) is 5.69 Å². The zero-order valence-corrected chi connectivity index (χ0v) is 12.5. The molecule has 2 heterocycles. The number of aromatic amines is 1. The molecule has 0 radical (unpaired) electrons. The molecule has 1 aromatic carbocycles. The average Bonchev–Trinajstić information content (AvgIpc) is 2.95. The highest BCUT2D eigenvalue weighted by Crippen LogP contribution is 2.16. The van der Waals surface area contributed by atoms with Gasteiger partial charge in [-0.3, -0.25) is 15.1 Å². The molecule has 0 bridgehead atoms. The summed E-state index contributed by atoms with van der Waals surface area (Å²) in [4.78, 5) is 14.4. The number of H-pyrrole nitrogens is 1. The Kier molecular flexibility index (Phi) is 4.02. The highest BCUT2D eigenvalue weighted by Gasteiger charge is 2.08. The number of aromatic nitrogens is 4. The summed E-state index contributed by atoms with van der Waals surface area (Å²) in [5.41, 5.74) is 1.33. The van der Waals surface area contributed by atoms with Crippen LogP contribution >= 0.6 is 12.2 Å². The summed E-state index contributed by atoms with van der Waals surface area (Å²) < 4.78 is 1.75. The van der Waals surface area contributed by atoms with Gasteiger partial charge in [-0.1, -0.05) is 12.1 Å². The van der Waals surface area contributed by atoms with Crippen molar-refractivity contribution in [3.05, 3.63) is 69.2 Å². The van der Waals surface area contributed by atoms with Gasteiger partial charge in [0, 0.05) is 35.7 Å². The molecular weight excluding hydrogens is 316 g/mol. The van der Waals surface area contributed by atoms with E-state index in [1.807, 2.05) is 6.07 Å². The lowest BCUT2D eigenvalue weighted by Crippen LogP contribution is -1.96. The number of hydrogen-bond donors (Lipinski definition) is 1. The Labute approximate surface area is 135 Å². The molecule has 0 aliphatic carbocycles. The van der Waals surface area contributed by atoms with E-state index in [4.69, 9.17) is 12.2 Å². The van der Waals surface area contributed by atoms with Gasteiger partial charge in [0.05, 0.1) is 11.1 Å². The zero-order valence-electron chi connectivity index (χ0n) is 11.7. The molecule has 0 atom stereocenters. The van der Waals surface area contributed by atoms with Crippen molar-refractivity contribution in [3.8, 4) is 11.4 Å². The number of benzene rings is 1. The number of non-ortho nitro benzene ring substituents is 1. The van der Waals surface area contributed by atoms with Crippen LogP contribution in [0.4, 0.5) is 5.69 Å². The third-order valence-corrected chi connectivity index (χ3v) is 3.24. The molecule has 0 fully saturated rings. The highest BCUT2D eigenvalue weighted by molar-refractivity contribution is 7.71. The molecule has 0 unspecified atom stereocenters. The van der Waals surface area contributed by atoms with E-state index in [0.717, 1.165) is 5.56 Å². The molecule has 0 amide bonds. The molecule has 0 aliphatic rings. The summed E-state index contributed by atoms with van der Waals surface area (Å²) in [5.74, 6) is 0.504. The monoisotopic (exact) mass is 326 g/mol. The standard InChI is InChI=1S/C14H10N6O2S/c21-20(22)12-5-1-3-10(7-12)8-16-19-13(17-18-14(19)23)11-4-2-6-15-9-11/h1-9H,(H,18,23)/b16-8-. The molecule has 1 N–H and O–H groups in total. The summed E-state index contributed by atoms with van der Waals surface area (Å²) in [6.07, 6.45) is 4.78. The van der Waals surface area contributed by atoms with Gasteiger partial charge in [-0.05, 0) is 24.4 Å². The van der Waals surface area contributed by atoms with E-state index < -0.39 is 4.92 Å². The Bertz CT molecular complexity index is 932. The molecule has 23 heavy (non-hydrogen) atoms. The predicted molar refractivity (Wildman–Crippen MR) is 86.7 cm³/mol. The molecule has 3 aromatic rings. The van der Waals surface area contributed by atoms with Crippen LogP contribution in [0.25, 0.3) is 11.4 Å². The van der Waals surface area contributed by atoms with Crippen LogP contribution in [0.5, 0.6) is 0 Å². The van der Waals surface area contributed by atoms with E-state index in [1.54, 1.807) is 30.6 Å². The van der Waals surface area contributed by atoms with Crippen molar-refractivity contribution in [2.75, 3.05) is 0 Å². The van der Waals surface area contributed by atoms with Crippen molar-refractivity contribution >= 4 is 24.1 Å². The Morgan fingerprint density at radius 3 is 2.96 bits per heavy atom. The van der Waals surface area contributed by atoms with E-state index in [1.165, 1.54) is 23.0 Å². The van der Waals surface area contributed by atoms with E-state index in [0.29, 0.717) is 16.2 Å². The minimum atomic E-state index is -0.456. The van der Waals surface area contributed by atoms with Gasteiger partial charge in [-0.2, -0.15) is 14.9 Å². The van der Waals surface area contributed by atoms with Crippen molar-refractivity contribution in [1.29, 1.82) is 0 Å². The SMILES string of the molecule is O=[N+]([O-])c1cccc(/C=N\n2c(-c3cccnc3)n[nH]c2=S)c1. The zero-order chi connectivity index (χ0) is 16.2. The van der Waals surface area contributed by atoms with E-state index >= 15 is 0 Å². The lowest BCUT2D eigenvalue weighted by molar-refractivity contribution is -0.384. The van der Waals surface area contributed by atoms with Crippen LogP contribution in [0.3, 0.4) is 0 Å². The summed E-state index contributed by atoms with van der Waals surface area (Å²) in [5, 5.41) is 21.8. The molecule has 8 nitrogen and oxygen atoms in total. The second kappa shape index (κ2) is 6.28. The minimum Gasteiger partial charge on any atom is -0.264 e. The molecule has 0 aliphatic heterocycles. The maximum absolute atomic E-state index is 10.8. The maximum Gasteiger partial charge on any atom is 0.270 e. The Balaban J connectivity index is 1.98. The normalized spacial score (nSPS) is 11.0. The van der Waals surface area contributed by atoms with E-state index in [9.17, 15) is 10.1 Å². The number of nitrogens with one attached hydrogen (secondary N) is 1. The number of nitro groups is 1. The van der Waals surface area contributed by atoms with Gasteiger partial charge < -0.3 is 0 Å². The Morgan fingerprint density at radius 2 is 2.22 bits per heavy atom. The van der Waals surface area contributed by atoms with Crippen LogP contribution < -0.4 is 0 Å². The van der Waals surface area contributed by atoms with Crippen LogP contribution in [0, 0.1) is 14.9 Å². The molecule has 0 saturated carbocycles. The molecule has 9 heteroatoms. The van der Waals surface area contributed by atoms with Crippen molar-refractivity contribution < 1.29 is 4.92 Å². The second-order valence-corrected chi connectivity index (χ2v) is 4.89. The molecule has 2 aromatic heterocycles. The predicted octanol–water partition coefficient (Wildman–Crippen LogP) is 2.79. The van der Waals surface area contributed by atoms with Crippen LogP contribution in [-0.4, -0.2) is 31.0 Å². The summed E-state index contributed by atoms with van der Waals surface area (Å²) in [6, 6.07) is 9.76. The van der Waals surface area contributed by atoms with Crippen LogP contribution in [0.15, 0.2) is 53.9 Å². The first-order valence-electron chi connectivity index (χ1n) is 6.52. The Hall–Kier alpha value is -3.20. The van der Waals surface area contributed by atoms with Gasteiger partial charge >= 0.3 is 0 Å². The summed E-state index contributed by atoms with van der Waals surface area (Å²) >= 11 is 5.16. The first-order valence-corrected chi connectivity index (χ1v) is 6.92. The smallest absolute Gasteiger partial charge is 0.264 e. The van der Waals surface area contributed by atoms with Gasteiger partial charge in [-0.25, -0.2) is 5.10 Å². The van der Waals surface area contributed by atoms with Gasteiger partial charge in [0.2, 0.25) is 4.77 Å².